The maximum absolute atomic E-state index is 14.5. The summed E-state index contributed by atoms with van der Waals surface area (Å²) in [6.45, 7) is -0.343. The predicted molar refractivity (Wildman–Crippen MR) is 216 cm³/mol. The molecular weight excluding hydrogens is 888 g/mol. The van der Waals surface area contributed by atoms with Gasteiger partial charge in [-0.15, -0.1) is 0 Å². The van der Waals surface area contributed by atoms with Gasteiger partial charge in [0.25, 0.3) is 0 Å². The molecule has 7 rings (SSSR count). The van der Waals surface area contributed by atoms with Gasteiger partial charge in [0.1, 0.15) is 90.1 Å². The van der Waals surface area contributed by atoms with Gasteiger partial charge in [-0.2, -0.15) is 0 Å². The highest BCUT2D eigenvalue weighted by molar-refractivity contribution is 5.89. The molecule has 66 heavy (non-hydrogen) atoms. The fourth-order valence-electron chi connectivity index (χ4n) is 7.29. The molecular formula is C42H46O24. The molecule has 0 spiro atoms. The molecule has 0 bridgehead atoms. The zero-order valence-corrected chi connectivity index (χ0v) is 34.2. The lowest BCUT2D eigenvalue weighted by atomic mass is 9.97. The summed E-state index contributed by atoms with van der Waals surface area (Å²) in [5, 5.41) is 146. The molecule has 0 amide bonds. The number of hydrogen-bond donors (Lipinski definition) is 14. The van der Waals surface area contributed by atoms with Gasteiger partial charge in [0.2, 0.25) is 23.8 Å². The van der Waals surface area contributed by atoms with E-state index >= 15 is 0 Å². The molecule has 3 fully saturated rings. The van der Waals surface area contributed by atoms with Crippen LogP contribution in [0.4, 0.5) is 0 Å². The van der Waals surface area contributed by atoms with E-state index in [1.165, 1.54) is 19.1 Å². The van der Waals surface area contributed by atoms with Crippen LogP contribution in [0.5, 0.6) is 40.2 Å². The summed E-state index contributed by atoms with van der Waals surface area (Å²) < 4.78 is 45.6. The average molecular weight is 935 g/mol. The third-order valence-corrected chi connectivity index (χ3v) is 11.0. The van der Waals surface area contributed by atoms with Gasteiger partial charge in [-0.3, -0.25) is 4.79 Å². The first-order valence-corrected chi connectivity index (χ1v) is 20.0. The largest absolute Gasteiger partial charge is 0.507 e. The minimum absolute atomic E-state index is 0.191. The monoisotopic (exact) mass is 934 g/mol. The van der Waals surface area contributed by atoms with Crippen molar-refractivity contribution >= 4 is 23.0 Å². The van der Waals surface area contributed by atoms with Crippen LogP contribution in [0.3, 0.4) is 0 Å². The summed E-state index contributed by atoms with van der Waals surface area (Å²) in [7, 11) is 0. The van der Waals surface area contributed by atoms with Crippen LogP contribution in [-0.2, 0) is 28.5 Å². The van der Waals surface area contributed by atoms with Crippen molar-refractivity contribution in [3.63, 3.8) is 0 Å². The van der Waals surface area contributed by atoms with Crippen molar-refractivity contribution < 1.29 is 114 Å². The third-order valence-electron chi connectivity index (χ3n) is 11.0. The second kappa shape index (κ2) is 19.6. The number of phenols is 5. The lowest BCUT2D eigenvalue weighted by Gasteiger charge is -2.45. The first kappa shape index (κ1) is 48.1. The lowest BCUT2D eigenvalue weighted by Crippen LogP contribution is -2.65. The lowest BCUT2D eigenvalue weighted by molar-refractivity contribution is -0.358. The van der Waals surface area contributed by atoms with Crippen LogP contribution < -0.4 is 14.9 Å². The van der Waals surface area contributed by atoms with Gasteiger partial charge in [-0.1, -0.05) is 6.07 Å². The van der Waals surface area contributed by atoms with Crippen LogP contribution in [-0.4, -0.2) is 183 Å². The SMILES string of the molecule is CC1O[C@@H](Oc2cc(O)c3c(=O)c(O[C@@H]4OC(COC(=O)/C=C/c5ccc(O)c(O)c5)[C@@H](O)[C@H](O)C4O[C@@H]4OC(CO)[C@@H](O)[C@H](O)C4O)c(-c4ccc(O)c(O)c4)oc3c2)[C@@H](O)C(O)[C@H]1O. The molecule has 4 aromatic rings. The Hall–Kier alpha value is -5.84. The number of fused-ring (bicyclic) bond motifs is 1. The summed E-state index contributed by atoms with van der Waals surface area (Å²) in [6, 6.07) is 8.73. The fourth-order valence-corrected chi connectivity index (χ4v) is 7.29. The number of aliphatic hydroxyl groups is 9. The number of ether oxygens (including phenoxy) is 7. The van der Waals surface area contributed by atoms with E-state index in [0.29, 0.717) is 0 Å². The van der Waals surface area contributed by atoms with Gasteiger partial charge in [0, 0.05) is 23.8 Å². The first-order chi connectivity index (χ1) is 31.3. The van der Waals surface area contributed by atoms with E-state index in [9.17, 15) is 81.1 Å². The molecule has 3 aliphatic heterocycles. The quantitative estimate of drug-likeness (QED) is 0.0395. The van der Waals surface area contributed by atoms with Crippen LogP contribution in [0, 0.1) is 0 Å². The maximum atomic E-state index is 14.5. The number of benzene rings is 3. The van der Waals surface area contributed by atoms with Gasteiger partial charge < -0.3 is 109 Å². The molecule has 14 N–H and O–H groups in total. The van der Waals surface area contributed by atoms with Crippen LogP contribution in [0.2, 0.25) is 0 Å². The third kappa shape index (κ3) is 9.67. The van der Waals surface area contributed by atoms with Gasteiger partial charge >= 0.3 is 5.97 Å². The van der Waals surface area contributed by atoms with Gasteiger partial charge in [0.15, 0.2) is 41.2 Å². The molecule has 3 saturated heterocycles. The highest BCUT2D eigenvalue weighted by atomic mass is 16.8. The van der Waals surface area contributed by atoms with E-state index in [1.54, 1.807) is 0 Å². The molecule has 358 valence electrons. The molecule has 15 atom stereocenters. The maximum Gasteiger partial charge on any atom is 0.330 e. The summed E-state index contributed by atoms with van der Waals surface area (Å²) in [5.74, 6) is -5.87. The Morgan fingerprint density at radius 2 is 1.29 bits per heavy atom. The Balaban J connectivity index is 1.26. The van der Waals surface area contributed by atoms with Crippen molar-refractivity contribution in [1.82, 2.24) is 0 Å². The van der Waals surface area contributed by atoms with Crippen molar-refractivity contribution in [3.8, 4) is 51.6 Å². The topological polar surface area (TPSA) is 395 Å². The number of esters is 1. The molecule has 1 aromatic heterocycles. The number of carbonyl (C=O) groups excluding carboxylic acids is 1. The molecule has 0 aliphatic carbocycles. The minimum atomic E-state index is -2.17. The van der Waals surface area contributed by atoms with Crippen molar-refractivity contribution in [1.29, 1.82) is 0 Å². The Morgan fingerprint density at radius 1 is 0.652 bits per heavy atom. The molecule has 0 radical (unpaired) electrons. The molecule has 3 aromatic carbocycles. The second-order valence-electron chi connectivity index (χ2n) is 15.6. The second-order valence-corrected chi connectivity index (χ2v) is 15.6. The Morgan fingerprint density at radius 3 is 1.97 bits per heavy atom. The summed E-state index contributed by atoms with van der Waals surface area (Å²) >= 11 is 0. The Kier molecular flexibility index (Phi) is 14.3. The summed E-state index contributed by atoms with van der Waals surface area (Å²) in [6.07, 6.45) is -25.1. The van der Waals surface area contributed by atoms with E-state index in [-0.39, 0.29) is 16.9 Å². The number of hydrogen-bond acceptors (Lipinski definition) is 24. The number of carbonyl (C=O) groups is 1. The van der Waals surface area contributed by atoms with Crippen molar-refractivity contribution in [2.24, 2.45) is 0 Å². The van der Waals surface area contributed by atoms with E-state index < -0.39 is 168 Å². The molecule has 0 saturated carbocycles. The Labute approximate surface area is 370 Å². The molecule has 3 aliphatic rings. The zero-order valence-electron chi connectivity index (χ0n) is 34.2. The molecule has 24 nitrogen and oxygen atoms in total. The highest BCUT2D eigenvalue weighted by Crippen LogP contribution is 2.41. The predicted octanol–water partition coefficient (Wildman–Crippen LogP) is -2.54. The van der Waals surface area contributed by atoms with E-state index in [1.807, 2.05) is 0 Å². The van der Waals surface area contributed by atoms with Crippen molar-refractivity contribution in [3.05, 3.63) is 70.4 Å². The van der Waals surface area contributed by atoms with Crippen molar-refractivity contribution in [2.45, 2.75) is 99.0 Å². The smallest absolute Gasteiger partial charge is 0.330 e. The molecule has 24 heteroatoms. The number of aliphatic hydroxyl groups excluding tert-OH is 9. The standard InChI is InChI=1S/C42H46O24/c1-14-28(50)32(54)35(57)40(60-14)61-17-10-22(48)27-23(11-17)62-37(16-4-6-19(45)21(47)9-16)38(31(27)53)65-42-39(66-41-36(58)33(55)29(51)24(12-43)63-41)34(56)30(52)25(64-42)13-59-26(49)7-3-15-2-5-18(44)20(46)8-15/h2-11,14,24-25,28-30,32-36,39-48,50-52,54-58H,12-13H2,1H3/b7-3+/t14?,24?,25?,28-,29+,30+,32?,33-,34-,35-,36?,39?,40-,41-,42-/m0/s1. The van der Waals surface area contributed by atoms with Gasteiger partial charge in [-0.05, 0) is 48.9 Å². The van der Waals surface area contributed by atoms with Gasteiger partial charge in [-0.25, -0.2) is 4.79 Å². The van der Waals surface area contributed by atoms with E-state index in [0.717, 1.165) is 48.5 Å². The highest BCUT2D eigenvalue weighted by Gasteiger charge is 2.52. The number of aromatic hydroxyl groups is 5. The average Bonchev–Trinajstić information content (AvgIpc) is 3.28. The van der Waals surface area contributed by atoms with Crippen LogP contribution in [0.15, 0.2) is 63.8 Å². The Bertz CT molecular complexity index is 2470. The number of phenolic OH excluding ortho intramolecular Hbond substituents is 5. The van der Waals surface area contributed by atoms with E-state index in [4.69, 9.17) is 37.6 Å². The fraction of sp³-hybridized carbons (Fsp3) is 0.429. The normalized spacial score (nSPS) is 32.6. The van der Waals surface area contributed by atoms with Crippen LogP contribution in [0.1, 0.15) is 12.5 Å². The van der Waals surface area contributed by atoms with Crippen LogP contribution in [0.25, 0.3) is 28.4 Å². The van der Waals surface area contributed by atoms with Crippen LogP contribution >= 0.6 is 0 Å². The molecule has 6 unspecified atom stereocenters. The van der Waals surface area contributed by atoms with Crippen molar-refractivity contribution in [2.75, 3.05) is 13.2 Å². The van der Waals surface area contributed by atoms with Gasteiger partial charge in [0.05, 0.1) is 12.7 Å². The first-order valence-electron chi connectivity index (χ1n) is 20.0. The summed E-state index contributed by atoms with van der Waals surface area (Å²) in [5.41, 5.74) is -1.57. The number of rotatable bonds is 12. The summed E-state index contributed by atoms with van der Waals surface area (Å²) in [4.78, 5) is 27.3. The zero-order chi connectivity index (χ0) is 47.9. The van der Waals surface area contributed by atoms with E-state index in [2.05, 4.69) is 0 Å². The molecule has 4 heterocycles. The minimum Gasteiger partial charge on any atom is -0.507 e.